The van der Waals surface area contributed by atoms with Gasteiger partial charge in [0, 0.05) is 14.4 Å². The molecule has 0 aliphatic carbocycles. The maximum Gasteiger partial charge on any atom is 0.0953 e. The first-order chi connectivity index (χ1) is 7.59. The van der Waals surface area contributed by atoms with Crippen molar-refractivity contribution in [3.05, 3.63) is 54.6 Å². The third-order valence-corrected chi connectivity index (χ3v) is 5.04. The van der Waals surface area contributed by atoms with Crippen LogP contribution < -0.4 is 0 Å². The third-order valence-electron chi connectivity index (χ3n) is 2.11. The average Bonchev–Trinajstić information content (AvgIpc) is 2.63. The van der Waals surface area contributed by atoms with Crippen LogP contribution in [0, 0.1) is 0 Å². The molecule has 1 heterocycles. The normalized spacial score (nSPS) is 12.8. The summed E-state index contributed by atoms with van der Waals surface area (Å²) in [6.07, 6.45) is 0. The summed E-state index contributed by atoms with van der Waals surface area (Å²) in [5.74, 6) is 0. The number of hydrogen-bond acceptors (Lipinski definition) is 1. The Kier molecular flexibility index (Phi) is 4.20. The zero-order valence-corrected chi connectivity index (χ0v) is 12.6. The van der Waals surface area contributed by atoms with Gasteiger partial charge >= 0.3 is 0 Å². The zero-order chi connectivity index (χ0) is 11.7. The van der Waals surface area contributed by atoms with Crippen LogP contribution in [0.3, 0.4) is 0 Å². The first kappa shape index (κ1) is 12.7. The molecule has 0 aliphatic rings. The van der Waals surface area contributed by atoms with Crippen molar-refractivity contribution in [2.75, 3.05) is 0 Å². The highest BCUT2D eigenvalue weighted by atomic mass is 79.9. The van der Waals surface area contributed by atoms with Crippen LogP contribution in [-0.2, 0) is 0 Å². The van der Waals surface area contributed by atoms with Crippen LogP contribution in [0.2, 0.25) is 10.0 Å². The van der Waals surface area contributed by atoms with Crippen LogP contribution in [0.15, 0.2) is 34.1 Å². The van der Waals surface area contributed by atoms with Gasteiger partial charge in [0.2, 0.25) is 0 Å². The van der Waals surface area contributed by atoms with Crippen molar-refractivity contribution >= 4 is 62.1 Å². The molecule has 1 aromatic heterocycles. The fourth-order valence-electron chi connectivity index (χ4n) is 1.33. The van der Waals surface area contributed by atoms with Crippen molar-refractivity contribution in [2.45, 2.75) is 5.38 Å². The molecule has 0 N–H and O–H groups in total. The maximum absolute atomic E-state index is 6.39. The molecule has 2 aromatic rings. The van der Waals surface area contributed by atoms with Gasteiger partial charge in [0.25, 0.3) is 0 Å². The molecule has 1 atom stereocenters. The lowest BCUT2D eigenvalue weighted by Gasteiger charge is -2.11. The van der Waals surface area contributed by atoms with E-state index in [0.717, 1.165) is 14.9 Å². The molecule has 0 aliphatic heterocycles. The molecule has 16 heavy (non-hydrogen) atoms. The number of alkyl halides is 1. The van der Waals surface area contributed by atoms with Gasteiger partial charge in [-0.15, -0.1) is 22.9 Å². The van der Waals surface area contributed by atoms with Crippen LogP contribution >= 0.6 is 62.1 Å². The summed E-state index contributed by atoms with van der Waals surface area (Å²) in [4.78, 5) is 0.950. The lowest BCUT2D eigenvalue weighted by molar-refractivity contribution is 1.17. The monoisotopic (exact) mass is 354 g/mol. The highest BCUT2D eigenvalue weighted by molar-refractivity contribution is 9.10. The molecule has 1 aromatic carbocycles. The Balaban J connectivity index is 2.41. The van der Waals surface area contributed by atoms with Gasteiger partial charge in [-0.05, 0) is 29.1 Å². The Bertz CT molecular complexity index is 510. The van der Waals surface area contributed by atoms with Crippen LogP contribution in [-0.4, -0.2) is 0 Å². The lowest BCUT2D eigenvalue weighted by Crippen LogP contribution is -1.92. The molecule has 0 amide bonds. The van der Waals surface area contributed by atoms with Crippen molar-refractivity contribution in [1.82, 2.24) is 0 Å². The summed E-state index contributed by atoms with van der Waals surface area (Å²) in [5, 5.41) is 3.06. The van der Waals surface area contributed by atoms with Gasteiger partial charge in [-0.2, -0.15) is 0 Å². The maximum atomic E-state index is 6.39. The van der Waals surface area contributed by atoms with E-state index in [-0.39, 0.29) is 5.38 Å². The Morgan fingerprint density at radius 1 is 1.19 bits per heavy atom. The van der Waals surface area contributed by atoms with Gasteiger partial charge in [-0.1, -0.05) is 45.2 Å². The van der Waals surface area contributed by atoms with Crippen LogP contribution in [0.25, 0.3) is 0 Å². The first-order valence-corrected chi connectivity index (χ1v) is 7.28. The molecule has 1 unspecified atom stereocenters. The number of halogens is 4. The van der Waals surface area contributed by atoms with Gasteiger partial charge < -0.3 is 0 Å². The molecule has 0 spiro atoms. The minimum absolute atomic E-state index is 0.251. The summed E-state index contributed by atoms with van der Waals surface area (Å²) >= 11 is 23.3. The van der Waals surface area contributed by atoms with Crippen molar-refractivity contribution in [3.8, 4) is 0 Å². The van der Waals surface area contributed by atoms with Crippen molar-refractivity contribution in [3.63, 3.8) is 0 Å². The Hall–Kier alpha value is 0.270. The minimum Gasteiger partial charge on any atom is -0.145 e. The molecule has 0 fully saturated rings. The molecule has 0 saturated carbocycles. The van der Waals surface area contributed by atoms with E-state index in [1.807, 2.05) is 29.6 Å². The molecule has 0 bridgehead atoms. The van der Waals surface area contributed by atoms with Crippen LogP contribution in [0.4, 0.5) is 0 Å². The Labute approximate surface area is 121 Å². The lowest BCUT2D eigenvalue weighted by atomic mass is 10.1. The second-order valence-electron chi connectivity index (χ2n) is 3.16. The van der Waals surface area contributed by atoms with Crippen molar-refractivity contribution < 1.29 is 0 Å². The molecule has 84 valence electrons. The standard InChI is InChI=1S/C11H6BrCl3S/c12-8-5-6(13)1-2-7(8)10(15)11-9(14)3-4-16-11/h1-5,10H. The van der Waals surface area contributed by atoms with Gasteiger partial charge in [0.05, 0.1) is 10.4 Å². The topological polar surface area (TPSA) is 0 Å². The van der Waals surface area contributed by atoms with E-state index < -0.39 is 0 Å². The zero-order valence-electron chi connectivity index (χ0n) is 7.88. The smallest absolute Gasteiger partial charge is 0.0953 e. The SMILES string of the molecule is Clc1ccc(C(Cl)c2sccc2Cl)c(Br)c1. The second kappa shape index (κ2) is 5.28. The quantitative estimate of drug-likeness (QED) is 0.567. The molecule has 0 saturated heterocycles. The van der Waals surface area contributed by atoms with E-state index in [1.54, 1.807) is 11.3 Å². The van der Waals surface area contributed by atoms with Crippen molar-refractivity contribution in [1.29, 1.82) is 0 Å². The van der Waals surface area contributed by atoms with E-state index in [4.69, 9.17) is 34.8 Å². The predicted octanol–water partition coefficient (Wildman–Crippen LogP) is 6.15. The number of thiophene rings is 1. The molecule has 5 heteroatoms. The van der Waals surface area contributed by atoms with Crippen molar-refractivity contribution in [2.24, 2.45) is 0 Å². The van der Waals surface area contributed by atoms with E-state index in [2.05, 4.69) is 15.9 Å². The number of hydrogen-bond donors (Lipinski definition) is 0. The second-order valence-corrected chi connectivity index (χ2v) is 6.24. The van der Waals surface area contributed by atoms with Gasteiger partial charge in [0.1, 0.15) is 0 Å². The summed E-state index contributed by atoms with van der Waals surface area (Å²) in [6, 6.07) is 7.40. The third kappa shape index (κ3) is 2.57. The summed E-state index contributed by atoms with van der Waals surface area (Å²) < 4.78 is 0.893. The van der Waals surface area contributed by atoms with Gasteiger partial charge in [-0.3, -0.25) is 0 Å². The average molecular weight is 356 g/mol. The number of benzene rings is 1. The summed E-state index contributed by atoms with van der Waals surface area (Å²) in [6.45, 7) is 0. The molecule has 0 radical (unpaired) electrons. The fourth-order valence-corrected chi connectivity index (χ4v) is 4.05. The summed E-state index contributed by atoms with van der Waals surface area (Å²) in [7, 11) is 0. The highest BCUT2D eigenvalue weighted by Crippen LogP contribution is 2.40. The molecule has 2 rings (SSSR count). The van der Waals surface area contributed by atoms with E-state index in [9.17, 15) is 0 Å². The fraction of sp³-hybridized carbons (Fsp3) is 0.0909. The Morgan fingerprint density at radius 3 is 2.50 bits per heavy atom. The largest absolute Gasteiger partial charge is 0.145 e. The van der Waals surface area contributed by atoms with Crippen LogP contribution in [0.5, 0.6) is 0 Å². The highest BCUT2D eigenvalue weighted by Gasteiger charge is 2.18. The summed E-state index contributed by atoms with van der Waals surface area (Å²) in [5.41, 5.74) is 0.968. The van der Waals surface area contributed by atoms with E-state index in [1.165, 1.54) is 0 Å². The number of rotatable bonds is 2. The predicted molar refractivity (Wildman–Crippen MR) is 76.2 cm³/mol. The van der Waals surface area contributed by atoms with Gasteiger partial charge in [-0.25, -0.2) is 0 Å². The van der Waals surface area contributed by atoms with Crippen LogP contribution in [0.1, 0.15) is 15.8 Å². The molecule has 0 nitrogen and oxygen atoms in total. The molecular formula is C11H6BrCl3S. The van der Waals surface area contributed by atoms with E-state index in [0.29, 0.717) is 10.0 Å². The molecular weight excluding hydrogens is 350 g/mol. The van der Waals surface area contributed by atoms with E-state index >= 15 is 0 Å². The first-order valence-electron chi connectivity index (χ1n) is 4.41. The minimum atomic E-state index is -0.251. The Morgan fingerprint density at radius 2 is 1.94 bits per heavy atom. The van der Waals surface area contributed by atoms with Gasteiger partial charge in [0.15, 0.2) is 0 Å².